The number of nitrogens with zero attached hydrogens (tertiary/aromatic N) is 2. The van der Waals surface area contributed by atoms with Crippen LogP contribution in [-0.2, 0) is 17.9 Å². The highest BCUT2D eigenvalue weighted by molar-refractivity contribution is 5.77. The van der Waals surface area contributed by atoms with Crippen LogP contribution in [0.15, 0.2) is 12.5 Å². The molecule has 1 rings (SSSR count). The number of hydrogen-bond acceptors (Lipinski definition) is 3. The van der Waals surface area contributed by atoms with Crippen LogP contribution in [0, 0.1) is 5.92 Å². The zero-order valence-electron chi connectivity index (χ0n) is 10.9. The maximum atomic E-state index is 11.3. The lowest BCUT2D eigenvalue weighted by molar-refractivity contribution is -0.123. The highest BCUT2D eigenvalue weighted by Crippen LogP contribution is 1.97. The summed E-state index contributed by atoms with van der Waals surface area (Å²) in [5, 5.41) is 5.96. The Balaban J connectivity index is 2.19. The second-order valence-corrected chi connectivity index (χ2v) is 4.43. The fourth-order valence-electron chi connectivity index (χ4n) is 1.48. The standard InChI is InChI=1S/C12H22N4O/c1-10(2)12(17)14-5-4-6-16-8-11(7-13-3)15-9-16/h8-10,13H,4-7H2,1-3H3,(H,14,17). The molecule has 0 atom stereocenters. The molecule has 0 aliphatic carbocycles. The zero-order valence-corrected chi connectivity index (χ0v) is 10.9. The molecular formula is C12H22N4O. The summed E-state index contributed by atoms with van der Waals surface area (Å²) in [6.07, 6.45) is 4.78. The number of imidazole rings is 1. The summed E-state index contributed by atoms with van der Waals surface area (Å²) < 4.78 is 2.05. The summed E-state index contributed by atoms with van der Waals surface area (Å²) in [6.45, 7) is 6.19. The third-order valence-electron chi connectivity index (χ3n) is 2.46. The first-order chi connectivity index (χ1) is 8.13. The van der Waals surface area contributed by atoms with E-state index in [0.717, 1.165) is 31.7 Å². The first-order valence-electron chi connectivity index (χ1n) is 6.06. The van der Waals surface area contributed by atoms with Crippen LogP contribution < -0.4 is 10.6 Å². The second-order valence-electron chi connectivity index (χ2n) is 4.43. The van der Waals surface area contributed by atoms with Gasteiger partial charge in [-0.1, -0.05) is 13.8 Å². The molecule has 0 saturated carbocycles. The van der Waals surface area contributed by atoms with Gasteiger partial charge < -0.3 is 15.2 Å². The van der Waals surface area contributed by atoms with Crippen molar-refractivity contribution in [2.75, 3.05) is 13.6 Å². The fourth-order valence-corrected chi connectivity index (χ4v) is 1.48. The topological polar surface area (TPSA) is 59.0 Å². The van der Waals surface area contributed by atoms with Crippen LogP contribution >= 0.6 is 0 Å². The lowest BCUT2D eigenvalue weighted by atomic mass is 10.2. The van der Waals surface area contributed by atoms with Gasteiger partial charge in [0.05, 0.1) is 12.0 Å². The number of aromatic nitrogens is 2. The molecule has 0 spiro atoms. The van der Waals surface area contributed by atoms with Crippen molar-refractivity contribution in [3.05, 3.63) is 18.2 Å². The van der Waals surface area contributed by atoms with E-state index in [4.69, 9.17) is 0 Å². The van der Waals surface area contributed by atoms with Crippen molar-refractivity contribution in [1.82, 2.24) is 20.2 Å². The van der Waals surface area contributed by atoms with Crippen LogP contribution in [0.3, 0.4) is 0 Å². The van der Waals surface area contributed by atoms with Gasteiger partial charge in [0.1, 0.15) is 0 Å². The maximum Gasteiger partial charge on any atom is 0.222 e. The highest BCUT2D eigenvalue weighted by Gasteiger charge is 2.04. The molecule has 5 nitrogen and oxygen atoms in total. The van der Waals surface area contributed by atoms with Crippen LogP contribution in [0.25, 0.3) is 0 Å². The molecule has 0 unspecified atom stereocenters. The Morgan fingerprint density at radius 1 is 1.53 bits per heavy atom. The summed E-state index contributed by atoms with van der Waals surface area (Å²) in [4.78, 5) is 15.6. The smallest absolute Gasteiger partial charge is 0.222 e. The Morgan fingerprint density at radius 2 is 2.29 bits per heavy atom. The van der Waals surface area contributed by atoms with Gasteiger partial charge in [-0.25, -0.2) is 4.98 Å². The minimum Gasteiger partial charge on any atom is -0.356 e. The Bertz CT molecular complexity index is 346. The Labute approximate surface area is 103 Å². The fraction of sp³-hybridized carbons (Fsp3) is 0.667. The molecule has 1 aromatic rings. The van der Waals surface area contributed by atoms with Crippen molar-refractivity contribution in [2.24, 2.45) is 5.92 Å². The normalized spacial score (nSPS) is 10.8. The molecular weight excluding hydrogens is 216 g/mol. The third kappa shape index (κ3) is 4.99. The van der Waals surface area contributed by atoms with Crippen LogP contribution in [0.5, 0.6) is 0 Å². The maximum absolute atomic E-state index is 11.3. The van der Waals surface area contributed by atoms with E-state index in [-0.39, 0.29) is 11.8 Å². The lowest BCUT2D eigenvalue weighted by Crippen LogP contribution is -2.29. The molecule has 0 fully saturated rings. The van der Waals surface area contributed by atoms with E-state index in [2.05, 4.69) is 15.6 Å². The Morgan fingerprint density at radius 3 is 2.94 bits per heavy atom. The average molecular weight is 238 g/mol. The van der Waals surface area contributed by atoms with Gasteiger partial charge in [-0.05, 0) is 13.5 Å². The van der Waals surface area contributed by atoms with Gasteiger partial charge in [0, 0.05) is 31.7 Å². The Hall–Kier alpha value is -1.36. The van der Waals surface area contributed by atoms with Gasteiger partial charge in [-0.3, -0.25) is 4.79 Å². The molecule has 1 amide bonds. The van der Waals surface area contributed by atoms with Crippen molar-refractivity contribution in [1.29, 1.82) is 0 Å². The molecule has 1 heterocycles. The van der Waals surface area contributed by atoms with Gasteiger partial charge in [0.2, 0.25) is 5.91 Å². The SMILES string of the molecule is CNCc1cn(CCCNC(=O)C(C)C)cn1. The molecule has 96 valence electrons. The first kappa shape index (κ1) is 13.7. The molecule has 0 radical (unpaired) electrons. The average Bonchev–Trinajstić information content (AvgIpc) is 2.72. The quantitative estimate of drug-likeness (QED) is 0.690. The molecule has 5 heteroatoms. The van der Waals surface area contributed by atoms with Crippen LogP contribution in [0.2, 0.25) is 0 Å². The van der Waals surface area contributed by atoms with Crippen molar-refractivity contribution in [3.63, 3.8) is 0 Å². The number of hydrogen-bond donors (Lipinski definition) is 2. The van der Waals surface area contributed by atoms with Gasteiger partial charge in [0.25, 0.3) is 0 Å². The number of rotatable bonds is 7. The lowest BCUT2D eigenvalue weighted by Gasteiger charge is -2.07. The largest absolute Gasteiger partial charge is 0.356 e. The Kier molecular flexibility index (Phi) is 5.69. The summed E-state index contributed by atoms with van der Waals surface area (Å²) in [5.41, 5.74) is 1.04. The van der Waals surface area contributed by atoms with E-state index in [0.29, 0.717) is 0 Å². The van der Waals surface area contributed by atoms with Gasteiger partial charge in [-0.15, -0.1) is 0 Å². The number of nitrogens with one attached hydrogen (secondary N) is 2. The predicted octanol–water partition coefficient (Wildman–Crippen LogP) is 0.765. The van der Waals surface area contributed by atoms with E-state index in [9.17, 15) is 4.79 Å². The number of carbonyl (C=O) groups excluding carboxylic acids is 1. The molecule has 2 N–H and O–H groups in total. The minimum absolute atomic E-state index is 0.0606. The minimum atomic E-state index is 0.0606. The summed E-state index contributed by atoms with van der Waals surface area (Å²) >= 11 is 0. The van der Waals surface area contributed by atoms with Crippen LogP contribution in [0.4, 0.5) is 0 Å². The van der Waals surface area contributed by atoms with Crippen molar-refractivity contribution < 1.29 is 4.79 Å². The zero-order chi connectivity index (χ0) is 12.7. The summed E-state index contributed by atoms with van der Waals surface area (Å²) in [6, 6.07) is 0. The summed E-state index contributed by atoms with van der Waals surface area (Å²) in [7, 11) is 1.90. The van der Waals surface area contributed by atoms with Crippen LogP contribution in [0.1, 0.15) is 26.0 Å². The van der Waals surface area contributed by atoms with Gasteiger partial charge in [-0.2, -0.15) is 0 Å². The van der Waals surface area contributed by atoms with Gasteiger partial charge in [0.15, 0.2) is 0 Å². The molecule has 0 bridgehead atoms. The van der Waals surface area contributed by atoms with E-state index in [1.807, 2.05) is 38.0 Å². The third-order valence-corrected chi connectivity index (χ3v) is 2.46. The number of amides is 1. The van der Waals surface area contributed by atoms with Crippen molar-refractivity contribution in [3.8, 4) is 0 Å². The molecule has 0 aliphatic heterocycles. The van der Waals surface area contributed by atoms with Crippen LogP contribution in [-0.4, -0.2) is 29.1 Å². The molecule has 1 aromatic heterocycles. The molecule has 17 heavy (non-hydrogen) atoms. The second kappa shape index (κ2) is 7.06. The predicted molar refractivity (Wildman–Crippen MR) is 67.5 cm³/mol. The monoisotopic (exact) mass is 238 g/mol. The van der Waals surface area contributed by atoms with E-state index < -0.39 is 0 Å². The van der Waals surface area contributed by atoms with E-state index >= 15 is 0 Å². The number of carbonyl (C=O) groups is 1. The van der Waals surface area contributed by atoms with Crippen molar-refractivity contribution in [2.45, 2.75) is 33.4 Å². The van der Waals surface area contributed by atoms with Crippen molar-refractivity contribution >= 4 is 5.91 Å². The van der Waals surface area contributed by atoms with E-state index in [1.54, 1.807) is 0 Å². The molecule has 0 aromatic carbocycles. The first-order valence-corrected chi connectivity index (χ1v) is 6.06. The van der Waals surface area contributed by atoms with E-state index in [1.165, 1.54) is 0 Å². The number of aryl methyl sites for hydroxylation is 1. The summed E-state index contributed by atoms with van der Waals surface area (Å²) in [5.74, 6) is 0.178. The highest BCUT2D eigenvalue weighted by atomic mass is 16.1. The molecule has 0 aliphatic rings. The van der Waals surface area contributed by atoms with Gasteiger partial charge >= 0.3 is 0 Å². The molecule has 0 saturated heterocycles.